The normalized spacial score (nSPS) is 23.8. The van der Waals surface area contributed by atoms with Crippen LogP contribution in [0.15, 0.2) is 18.3 Å². The van der Waals surface area contributed by atoms with Gasteiger partial charge in [0.25, 0.3) is 0 Å². The molecule has 0 aliphatic carbocycles. The predicted octanol–water partition coefficient (Wildman–Crippen LogP) is 2.24. The molecule has 0 spiro atoms. The van der Waals surface area contributed by atoms with E-state index in [-0.39, 0.29) is 0 Å². The highest BCUT2D eigenvalue weighted by molar-refractivity contribution is 5.71. The van der Waals surface area contributed by atoms with E-state index in [1.807, 2.05) is 12.3 Å². The van der Waals surface area contributed by atoms with Gasteiger partial charge in [0.2, 0.25) is 0 Å². The summed E-state index contributed by atoms with van der Waals surface area (Å²) in [6.45, 7) is 9.11. The van der Waals surface area contributed by atoms with Crippen LogP contribution in [0.25, 0.3) is 11.2 Å². The van der Waals surface area contributed by atoms with Gasteiger partial charge < -0.3 is 14.8 Å². The Balaban J connectivity index is 1.66. The maximum Gasteiger partial charge on any atom is 0.160 e. The molecule has 0 bridgehead atoms. The molecular weight excluding hydrogens is 286 g/mol. The molecule has 1 unspecified atom stereocenters. The Morgan fingerprint density at radius 3 is 2.91 bits per heavy atom. The fourth-order valence-electron chi connectivity index (χ4n) is 4.12. The summed E-state index contributed by atoms with van der Waals surface area (Å²) >= 11 is 0. The second-order valence-electron chi connectivity index (χ2n) is 7.00. The second kappa shape index (κ2) is 6.57. The molecule has 4 rings (SSSR count). The molecule has 2 aromatic rings. The quantitative estimate of drug-likeness (QED) is 0.940. The van der Waals surface area contributed by atoms with E-state index in [0.29, 0.717) is 5.92 Å². The number of imidazole rings is 1. The Hall–Kier alpha value is -1.46. The number of likely N-dealkylation sites (N-methyl/N-ethyl adjacent to an activating group) is 1. The van der Waals surface area contributed by atoms with Gasteiger partial charge in [0.05, 0.1) is 0 Å². The monoisotopic (exact) mass is 313 g/mol. The molecule has 1 atom stereocenters. The van der Waals surface area contributed by atoms with Crippen LogP contribution in [0.4, 0.5) is 0 Å². The number of hydrogen-bond acceptors (Lipinski definition) is 4. The minimum Gasteiger partial charge on any atom is -0.317 e. The van der Waals surface area contributed by atoms with E-state index in [0.717, 1.165) is 49.8 Å². The summed E-state index contributed by atoms with van der Waals surface area (Å²) in [5, 5.41) is 3.47. The lowest BCUT2D eigenvalue weighted by Gasteiger charge is -2.24. The van der Waals surface area contributed by atoms with Crippen LogP contribution < -0.4 is 5.32 Å². The molecule has 2 aromatic heterocycles. The fraction of sp³-hybridized carbons (Fsp3) is 0.667. The molecule has 2 saturated heterocycles. The summed E-state index contributed by atoms with van der Waals surface area (Å²) in [4.78, 5) is 12.2. The molecule has 2 aliphatic heterocycles. The maximum atomic E-state index is 4.99. The lowest BCUT2D eigenvalue weighted by Crippen LogP contribution is -2.30. The van der Waals surface area contributed by atoms with E-state index >= 15 is 0 Å². The Kier molecular flexibility index (Phi) is 4.31. The number of fused-ring (bicyclic) bond motifs is 1. The van der Waals surface area contributed by atoms with Crippen molar-refractivity contribution in [3.8, 4) is 0 Å². The number of piperidine rings is 1. The van der Waals surface area contributed by atoms with Crippen molar-refractivity contribution in [2.45, 2.75) is 38.6 Å². The number of aromatic nitrogens is 3. The van der Waals surface area contributed by atoms with Crippen molar-refractivity contribution in [1.82, 2.24) is 24.8 Å². The summed E-state index contributed by atoms with van der Waals surface area (Å²) in [5.41, 5.74) is 2.14. The molecule has 0 radical (unpaired) electrons. The summed E-state index contributed by atoms with van der Waals surface area (Å²) in [7, 11) is 0. The zero-order valence-electron chi connectivity index (χ0n) is 14.0. The molecule has 5 nitrogen and oxygen atoms in total. The van der Waals surface area contributed by atoms with Crippen LogP contribution >= 0.6 is 0 Å². The minimum absolute atomic E-state index is 0.561. The van der Waals surface area contributed by atoms with Gasteiger partial charge in [-0.05, 0) is 63.5 Å². The highest BCUT2D eigenvalue weighted by Crippen LogP contribution is 2.30. The third-order valence-electron chi connectivity index (χ3n) is 5.52. The SMILES string of the molecule is CCN1CCC(c2nc3cccnc3n2CC2CCNCC2)C1. The summed E-state index contributed by atoms with van der Waals surface area (Å²) in [5.74, 6) is 2.58. The molecule has 23 heavy (non-hydrogen) atoms. The first-order valence-corrected chi connectivity index (χ1v) is 9.09. The van der Waals surface area contributed by atoms with Crippen molar-refractivity contribution in [2.24, 2.45) is 5.92 Å². The van der Waals surface area contributed by atoms with Crippen LogP contribution in [-0.4, -0.2) is 52.2 Å². The standard InChI is InChI=1S/C18H27N5/c1-2-22-11-7-15(13-22)17-21-16-4-3-8-20-18(16)23(17)12-14-5-9-19-10-6-14/h3-4,8,14-15,19H,2,5-7,9-13H2,1H3. The number of likely N-dealkylation sites (tertiary alicyclic amines) is 1. The van der Waals surface area contributed by atoms with E-state index in [4.69, 9.17) is 4.98 Å². The van der Waals surface area contributed by atoms with E-state index in [2.05, 4.69) is 32.8 Å². The van der Waals surface area contributed by atoms with Crippen LogP contribution in [0.2, 0.25) is 0 Å². The van der Waals surface area contributed by atoms with Gasteiger partial charge >= 0.3 is 0 Å². The Labute approximate surface area is 138 Å². The molecule has 124 valence electrons. The number of hydrogen-bond donors (Lipinski definition) is 1. The molecule has 2 fully saturated rings. The van der Waals surface area contributed by atoms with Crippen molar-refractivity contribution < 1.29 is 0 Å². The first-order chi connectivity index (χ1) is 11.3. The van der Waals surface area contributed by atoms with Crippen molar-refractivity contribution in [1.29, 1.82) is 0 Å². The van der Waals surface area contributed by atoms with Gasteiger partial charge in [-0.1, -0.05) is 6.92 Å². The van der Waals surface area contributed by atoms with Crippen LogP contribution in [0.1, 0.15) is 37.9 Å². The lowest BCUT2D eigenvalue weighted by molar-refractivity contribution is 0.326. The van der Waals surface area contributed by atoms with E-state index in [1.54, 1.807) is 0 Å². The minimum atomic E-state index is 0.561. The predicted molar refractivity (Wildman–Crippen MR) is 92.6 cm³/mol. The third-order valence-corrected chi connectivity index (χ3v) is 5.52. The van der Waals surface area contributed by atoms with Gasteiger partial charge in [-0.2, -0.15) is 0 Å². The summed E-state index contributed by atoms with van der Waals surface area (Å²) < 4.78 is 2.44. The third kappa shape index (κ3) is 3.00. The highest BCUT2D eigenvalue weighted by Gasteiger charge is 2.28. The van der Waals surface area contributed by atoms with Gasteiger partial charge in [-0.25, -0.2) is 9.97 Å². The molecule has 0 saturated carbocycles. The fourth-order valence-corrected chi connectivity index (χ4v) is 4.12. The average molecular weight is 313 g/mol. The Morgan fingerprint density at radius 2 is 2.13 bits per heavy atom. The summed E-state index contributed by atoms with van der Waals surface area (Å²) in [6.07, 6.45) is 5.65. The highest BCUT2D eigenvalue weighted by atomic mass is 15.2. The Bertz CT molecular complexity index is 658. The largest absolute Gasteiger partial charge is 0.317 e. The zero-order valence-corrected chi connectivity index (χ0v) is 14.0. The van der Waals surface area contributed by atoms with Crippen molar-refractivity contribution in [2.75, 3.05) is 32.7 Å². The molecule has 2 aliphatic rings. The van der Waals surface area contributed by atoms with Gasteiger partial charge in [0, 0.05) is 25.2 Å². The zero-order chi connectivity index (χ0) is 15.6. The topological polar surface area (TPSA) is 46.0 Å². The first-order valence-electron chi connectivity index (χ1n) is 9.09. The molecule has 0 aromatic carbocycles. The molecule has 0 amide bonds. The Morgan fingerprint density at radius 1 is 1.26 bits per heavy atom. The molecule has 4 heterocycles. The van der Waals surface area contributed by atoms with E-state index < -0.39 is 0 Å². The van der Waals surface area contributed by atoms with Gasteiger partial charge in [0.1, 0.15) is 11.3 Å². The first kappa shape index (κ1) is 15.1. The lowest BCUT2D eigenvalue weighted by atomic mass is 9.97. The van der Waals surface area contributed by atoms with Gasteiger partial charge in [0.15, 0.2) is 5.65 Å². The van der Waals surface area contributed by atoms with Crippen LogP contribution in [0.3, 0.4) is 0 Å². The number of nitrogens with zero attached hydrogens (tertiary/aromatic N) is 4. The van der Waals surface area contributed by atoms with Crippen LogP contribution in [0, 0.1) is 5.92 Å². The van der Waals surface area contributed by atoms with Gasteiger partial charge in [-0.15, -0.1) is 0 Å². The van der Waals surface area contributed by atoms with Crippen LogP contribution in [-0.2, 0) is 6.54 Å². The van der Waals surface area contributed by atoms with Gasteiger partial charge in [-0.3, -0.25) is 0 Å². The number of nitrogens with one attached hydrogen (secondary N) is 1. The van der Waals surface area contributed by atoms with Crippen molar-refractivity contribution >= 4 is 11.2 Å². The average Bonchev–Trinajstić information content (AvgIpc) is 3.21. The van der Waals surface area contributed by atoms with Crippen molar-refractivity contribution in [3.05, 3.63) is 24.2 Å². The molecular formula is C18H27N5. The van der Waals surface area contributed by atoms with E-state index in [1.165, 1.54) is 31.6 Å². The smallest absolute Gasteiger partial charge is 0.160 e. The second-order valence-corrected chi connectivity index (χ2v) is 7.00. The molecule has 5 heteroatoms. The summed E-state index contributed by atoms with van der Waals surface area (Å²) in [6, 6.07) is 4.11. The van der Waals surface area contributed by atoms with Crippen LogP contribution in [0.5, 0.6) is 0 Å². The van der Waals surface area contributed by atoms with Crippen molar-refractivity contribution in [3.63, 3.8) is 0 Å². The number of pyridine rings is 1. The van der Waals surface area contributed by atoms with E-state index in [9.17, 15) is 0 Å². The number of rotatable bonds is 4. The maximum absolute atomic E-state index is 4.99. The molecule has 1 N–H and O–H groups in total.